The lowest BCUT2D eigenvalue weighted by Crippen LogP contribution is -2.44. The number of hydrogen-bond donors (Lipinski definition) is 1. The molecule has 0 amide bonds. The van der Waals surface area contributed by atoms with E-state index < -0.39 is 0 Å². The quantitative estimate of drug-likeness (QED) is 0.799. The molecule has 23 heavy (non-hydrogen) atoms. The molecule has 0 radical (unpaired) electrons. The Hall–Kier alpha value is -2.46. The summed E-state index contributed by atoms with van der Waals surface area (Å²) < 4.78 is 5.36. The number of rotatable bonds is 4. The Morgan fingerprint density at radius 2 is 1.65 bits per heavy atom. The molecule has 0 spiro atoms. The molecule has 0 bridgehead atoms. The standard InChI is InChI=1S/C19H19N3O/c20-19(11-4-12-19)18-21-17(23-22-18)13-14-7-9-16(10-8-14)15-5-2-1-3-6-15/h1-3,5-10H,4,11-13,20H2. The van der Waals surface area contributed by atoms with Crippen LogP contribution in [0.25, 0.3) is 11.1 Å². The summed E-state index contributed by atoms with van der Waals surface area (Å²) in [5, 5.41) is 4.06. The summed E-state index contributed by atoms with van der Waals surface area (Å²) in [7, 11) is 0. The Labute approximate surface area is 135 Å². The summed E-state index contributed by atoms with van der Waals surface area (Å²) in [4.78, 5) is 4.48. The van der Waals surface area contributed by atoms with Crippen molar-refractivity contribution in [1.82, 2.24) is 10.1 Å². The average Bonchev–Trinajstić information content (AvgIpc) is 3.03. The summed E-state index contributed by atoms with van der Waals surface area (Å²) in [5.74, 6) is 1.28. The van der Waals surface area contributed by atoms with Crippen molar-refractivity contribution >= 4 is 0 Å². The Bertz CT molecular complexity index is 789. The van der Waals surface area contributed by atoms with Gasteiger partial charge in [0.1, 0.15) is 0 Å². The Morgan fingerprint density at radius 3 is 2.30 bits per heavy atom. The third-order valence-corrected chi connectivity index (χ3v) is 4.58. The number of benzene rings is 2. The minimum Gasteiger partial charge on any atom is -0.339 e. The van der Waals surface area contributed by atoms with Gasteiger partial charge in [-0.25, -0.2) is 0 Å². The second-order valence-electron chi connectivity index (χ2n) is 6.26. The highest BCUT2D eigenvalue weighted by molar-refractivity contribution is 5.63. The molecule has 4 nitrogen and oxygen atoms in total. The van der Waals surface area contributed by atoms with E-state index in [1.807, 2.05) is 18.2 Å². The molecule has 1 aromatic heterocycles. The molecule has 0 aliphatic heterocycles. The van der Waals surface area contributed by atoms with Crippen molar-refractivity contribution < 1.29 is 4.52 Å². The van der Waals surface area contributed by atoms with Crippen LogP contribution in [0.2, 0.25) is 0 Å². The van der Waals surface area contributed by atoms with Gasteiger partial charge in [0, 0.05) is 0 Å². The van der Waals surface area contributed by atoms with Crippen molar-refractivity contribution in [1.29, 1.82) is 0 Å². The molecule has 2 N–H and O–H groups in total. The lowest BCUT2D eigenvalue weighted by molar-refractivity contribution is 0.229. The summed E-state index contributed by atoms with van der Waals surface area (Å²) in [6, 6.07) is 18.8. The maximum Gasteiger partial charge on any atom is 0.231 e. The first-order valence-corrected chi connectivity index (χ1v) is 7.99. The zero-order valence-corrected chi connectivity index (χ0v) is 12.9. The highest BCUT2D eigenvalue weighted by Crippen LogP contribution is 2.37. The van der Waals surface area contributed by atoms with Crippen LogP contribution in [0, 0.1) is 0 Å². The second-order valence-corrected chi connectivity index (χ2v) is 6.26. The fraction of sp³-hybridized carbons (Fsp3) is 0.263. The van der Waals surface area contributed by atoms with Crippen molar-refractivity contribution in [3.63, 3.8) is 0 Å². The van der Waals surface area contributed by atoms with E-state index in [0.29, 0.717) is 18.1 Å². The maximum absolute atomic E-state index is 6.23. The van der Waals surface area contributed by atoms with Crippen molar-refractivity contribution in [3.05, 3.63) is 71.9 Å². The van der Waals surface area contributed by atoms with Gasteiger partial charge in [0.15, 0.2) is 5.82 Å². The molecule has 1 saturated carbocycles. The molecule has 1 fully saturated rings. The van der Waals surface area contributed by atoms with Crippen LogP contribution in [0.15, 0.2) is 59.1 Å². The second kappa shape index (κ2) is 5.63. The fourth-order valence-electron chi connectivity index (χ4n) is 2.93. The van der Waals surface area contributed by atoms with Crippen LogP contribution in [-0.4, -0.2) is 10.1 Å². The highest BCUT2D eigenvalue weighted by atomic mass is 16.5. The van der Waals surface area contributed by atoms with Crippen LogP contribution in [0.4, 0.5) is 0 Å². The van der Waals surface area contributed by atoms with E-state index in [0.717, 1.165) is 24.8 Å². The van der Waals surface area contributed by atoms with Gasteiger partial charge in [0.25, 0.3) is 0 Å². The third-order valence-electron chi connectivity index (χ3n) is 4.58. The lowest BCUT2D eigenvalue weighted by atomic mass is 9.77. The van der Waals surface area contributed by atoms with Gasteiger partial charge in [0.2, 0.25) is 5.89 Å². The van der Waals surface area contributed by atoms with E-state index in [2.05, 4.69) is 46.5 Å². The predicted molar refractivity (Wildman–Crippen MR) is 88.7 cm³/mol. The van der Waals surface area contributed by atoms with Gasteiger partial charge in [0.05, 0.1) is 12.0 Å². The van der Waals surface area contributed by atoms with Crippen LogP contribution in [0.5, 0.6) is 0 Å². The minimum absolute atomic E-state index is 0.362. The van der Waals surface area contributed by atoms with Gasteiger partial charge >= 0.3 is 0 Å². The topological polar surface area (TPSA) is 64.9 Å². The van der Waals surface area contributed by atoms with Crippen molar-refractivity contribution in [3.8, 4) is 11.1 Å². The highest BCUT2D eigenvalue weighted by Gasteiger charge is 2.38. The first-order chi connectivity index (χ1) is 11.2. The molecule has 1 heterocycles. The van der Waals surface area contributed by atoms with Gasteiger partial charge in [-0.2, -0.15) is 4.98 Å². The number of hydrogen-bond acceptors (Lipinski definition) is 4. The zero-order valence-electron chi connectivity index (χ0n) is 12.9. The van der Waals surface area contributed by atoms with E-state index in [1.165, 1.54) is 11.1 Å². The Morgan fingerprint density at radius 1 is 0.957 bits per heavy atom. The largest absolute Gasteiger partial charge is 0.339 e. The summed E-state index contributed by atoms with van der Waals surface area (Å²) in [6.07, 6.45) is 3.66. The molecule has 0 atom stereocenters. The lowest BCUT2D eigenvalue weighted by Gasteiger charge is -2.34. The van der Waals surface area contributed by atoms with Crippen LogP contribution in [0.1, 0.15) is 36.5 Å². The van der Waals surface area contributed by atoms with Crippen molar-refractivity contribution in [2.45, 2.75) is 31.2 Å². The molecule has 0 unspecified atom stereocenters. The molecular formula is C19H19N3O. The van der Waals surface area contributed by atoms with Crippen LogP contribution >= 0.6 is 0 Å². The van der Waals surface area contributed by atoms with Crippen LogP contribution in [-0.2, 0) is 12.0 Å². The number of aromatic nitrogens is 2. The van der Waals surface area contributed by atoms with E-state index >= 15 is 0 Å². The molecule has 116 valence electrons. The monoisotopic (exact) mass is 305 g/mol. The van der Waals surface area contributed by atoms with E-state index in [4.69, 9.17) is 10.3 Å². The molecule has 1 aliphatic rings. The molecule has 4 heteroatoms. The maximum atomic E-state index is 6.23. The summed E-state index contributed by atoms with van der Waals surface area (Å²) >= 11 is 0. The first-order valence-electron chi connectivity index (χ1n) is 7.99. The molecule has 4 rings (SSSR count). The van der Waals surface area contributed by atoms with Gasteiger partial charge < -0.3 is 10.3 Å². The fourth-order valence-corrected chi connectivity index (χ4v) is 2.93. The van der Waals surface area contributed by atoms with Gasteiger partial charge in [-0.15, -0.1) is 0 Å². The molecule has 3 aromatic rings. The summed E-state index contributed by atoms with van der Waals surface area (Å²) in [5.41, 5.74) is 9.44. The minimum atomic E-state index is -0.362. The molecule has 0 saturated heterocycles. The normalized spacial score (nSPS) is 16.0. The number of nitrogens with zero attached hydrogens (tertiary/aromatic N) is 2. The average molecular weight is 305 g/mol. The van der Waals surface area contributed by atoms with Crippen LogP contribution in [0.3, 0.4) is 0 Å². The van der Waals surface area contributed by atoms with Crippen molar-refractivity contribution in [2.75, 3.05) is 0 Å². The van der Waals surface area contributed by atoms with Crippen LogP contribution < -0.4 is 5.73 Å². The van der Waals surface area contributed by atoms with E-state index in [9.17, 15) is 0 Å². The van der Waals surface area contributed by atoms with Gasteiger partial charge in [-0.1, -0.05) is 59.8 Å². The van der Waals surface area contributed by atoms with Gasteiger partial charge in [-0.05, 0) is 36.0 Å². The van der Waals surface area contributed by atoms with Crippen molar-refractivity contribution in [2.24, 2.45) is 5.73 Å². The number of nitrogens with two attached hydrogens (primary N) is 1. The summed E-state index contributed by atoms with van der Waals surface area (Å²) in [6.45, 7) is 0. The Balaban J connectivity index is 1.49. The first kappa shape index (κ1) is 14.2. The zero-order chi connectivity index (χ0) is 15.7. The van der Waals surface area contributed by atoms with Gasteiger partial charge in [-0.3, -0.25) is 0 Å². The van der Waals surface area contributed by atoms with E-state index in [-0.39, 0.29) is 5.54 Å². The Kier molecular flexibility index (Phi) is 3.46. The SMILES string of the molecule is NC1(c2noc(Cc3ccc(-c4ccccc4)cc3)n2)CCC1. The third kappa shape index (κ3) is 2.78. The predicted octanol–water partition coefficient (Wildman–Crippen LogP) is 3.67. The molecule has 1 aliphatic carbocycles. The van der Waals surface area contributed by atoms with E-state index in [1.54, 1.807) is 0 Å². The molecular weight excluding hydrogens is 286 g/mol. The smallest absolute Gasteiger partial charge is 0.231 e. The molecule has 2 aromatic carbocycles.